The summed E-state index contributed by atoms with van der Waals surface area (Å²) in [4.78, 5) is 12.2. The highest BCUT2D eigenvalue weighted by atomic mass is 32.2. The Balaban J connectivity index is 1.52. The molecular formula is C20H21N3O3S. The monoisotopic (exact) mass is 383 g/mol. The van der Waals surface area contributed by atoms with Crippen LogP contribution in [0.1, 0.15) is 23.9 Å². The number of benzene rings is 2. The summed E-state index contributed by atoms with van der Waals surface area (Å²) < 4.78 is 10.8. The number of hydrogen-bond donors (Lipinski definition) is 1. The second-order valence-electron chi connectivity index (χ2n) is 5.83. The molecule has 0 aliphatic rings. The number of hydrogen-bond acceptors (Lipinski definition) is 6. The Morgan fingerprint density at radius 1 is 1.15 bits per heavy atom. The van der Waals surface area contributed by atoms with Crippen LogP contribution in [0.3, 0.4) is 0 Å². The van der Waals surface area contributed by atoms with Gasteiger partial charge in [0.1, 0.15) is 5.75 Å². The summed E-state index contributed by atoms with van der Waals surface area (Å²) in [6, 6.07) is 15.5. The third-order valence-corrected chi connectivity index (χ3v) is 4.78. The molecule has 1 aromatic heterocycles. The fraction of sp³-hybridized carbons (Fsp3) is 0.250. The SMILES string of the molecule is CCc1ccccc1NC(=O)CSc1nnc(Cc2ccc(OC)cc2)o1. The Morgan fingerprint density at radius 3 is 2.67 bits per heavy atom. The Bertz CT molecular complexity index is 893. The number of aryl methyl sites for hydroxylation is 1. The first kappa shape index (κ1) is 19.0. The van der Waals surface area contributed by atoms with Gasteiger partial charge in [-0.1, -0.05) is 49.0 Å². The van der Waals surface area contributed by atoms with Crippen molar-refractivity contribution in [3.63, 3.8) is 0 Å². The lowest BCUT2D eigenvalue weighted by Crippen LogP contribution is -2.15. The molecule has 1 N–H and O–H groups in total. The van der Waals surface area contributed by atoms with E-state index in [0.717, 1.165) is 29.0 Å². The summed E-state index contributed by atoms with van der Waals surface area (Å²) in [5, 5.41) is 11.4. The molecule has 7 heteroatoms. The Hall–Kier alpha value is -2.80. The number of thioether (sulfide) groups is 1. The molecule has 0 aliphatic carbocycles. The topological polar surface area (TPSA) is 77.2 Å². The van der Waals surface area contributed by atoms with Crippen molar-refractivity contribution in [2.45, 2.75) is 25.0 Å². The van der Waals surface area contributed by atoms with E-state index in [2.05, 4.69) is 22.4 Å². The minimum atomic E-state index is -0.101. The zero-order valence-corrected chi connectivity index (χ0v) is 16.1. The quantitative estimate of drug-likeness (QED) is 0.593. The van der Waals surface area contributed by atoms with Gasteiger partial charge in [-0.3, -0.25) is 4.79 Å². The van der Waals surface area contributed by atoms with Gasteiger partial charge in [0, 0.05) is 5.69 Å². The summed E-state index contributed by atoms with van der Waals surface area (Å²) in [5.74, 6) is 1.42. The molecule has 0 unspecified atom stereocenters. The summed E-state index contributed by atoms with van der Waals surface area (Å²) in [6.45, 7) is 2.06. The van der Waals surface area contributed by atoms with Gasteiger partial charge in [0.25, 0.3) is 5.22 Å². The first-order chi connectivity index (χ1) is 13.2. The molecule has 6 nitrogen and oxygen atoms in total. The molecule has 0 saturated carbocycles. The normalized spacial score (nSPS) is 10.6. The van der Waals surface area contributed by atoms with Crippen LogP contribution < -0.4 is 10.1 Å². The first-order valence-electron chi connectivity index (χ1n) is 8.63. The summed E-state index contributed by atoms with van der Waals surface area (Å²) in [6.07, 6.45) is 1.40. The molecule has 140 valence electrons. The maximum absolute atomic E-state index is 12.2. The number of rotatable bonds is 8. The lowest BCUT2D eigenvalue weighted by molar-refractivity contribution is -0.113. The number of aromatic nitrogens is 2. The number of anilines is 1. The number of carbonyl (C=O) groups excluding carboxylic acids is 1. The van der Waals surface area contributed by atoms with Gasteiger partial charge in [0.2, 0.25) is 11.8 Å². The van der Waals surface area contributed by atoms with Gasteiger partial charge in [-0.2, -0.15) is 0 Å². The second-order valence-corrected chi connectivity index (χ2v) is 6.76. The van der Waals surface area contributed by atoms with Crippen LogP contribution in [0, 0.1) is 0 Å². The van der Waals surface area contributed by atoms with Crippen molar-refractivity contribution in [3.05, 3.63) is 65.5 Å². The van der Waals surface area contributed by atoms with Crippen LogP contribution in [0.2, 0.25) is 0 Å². The van der Waals surface area contributed by atoms with Crippen molar-refractivity contribution in [1.29, 1.82) is 0 Å². The number of nitrogens with one attached hydrogen (secondary N) is 1. The van der Waals surface area contributed by atoms with E-state index in [1.807, 2.05) is 48.5 Å². The van der Waals surface area contributed by atoms with Crippen LogP contribution in [-0.4, -0.2) is 29.0 Å². The van der Waals surface area contributed by atoms with E-state index < -0.39 is 0 Å². The third kappa shape index (κ3) is 5.34. The van der Waals surface area contributed by atoms with Crippen molar-refractivity contribution in [2.24, 2.45) is 0 Å². The van der Waals surface area contributed by atoms with Crippen LogP contribution >= 0.6 is 11.8 Å². The molecular weight excluding hydrogens is 362 g/mol. The second kappa shape index (κ2) is 9.23. The molecule has 2 aromatic carbocycles. The number of carbonyl (C=O) groups is 1. The molecule has 0 fully saturated rings. The van der Waals surface area contributed by atoms with Crippen LogP contribution in [0.15, 0.2) is 58.2 Å². The molecule has 0 spiro atoms. The highest BCUT2D eigenvalue weighted by Crippen LogP contribution is 2.20. The summed E-state index contributed by atoms with van der Waals surface area (Å²) in [7, 11) is 1.63. The molecule has 3 aromatic rings. The van der Waals surface area contributed by atoms with Crippen molar-refractivity contribution < 1.29 is 13.9 Å². The van der Waals surface area contributed by atoms with Crippen LogP contribution in [-0.2, 0) is 17.6 Å². The molecule has 0 aliphatic heterocycles. The predicted molar refractivity (Wildman–Crippen MR) is 105 cm³/mol. The predicted octanol–water partition coefficient (Wildman–Crippen LogP) is 3.96. The average molecular weight is 383 g/mol. The lowest BCUT2D eigenvalue weighted by Gasteiger charge is -2.08. The number of para-hydroxylation sites is 1. The van der Waals surface area contributed by atoms with Crippen LogP contribution in [0.25, 0.3) is 0 Å². The number of methoxy groups -OCH3 is 1. The zero-order chi connectivity index (χ0) is 19.1. The van der Waals surface area contributed by atoms with Gasteiger partial charge in [0.05, 0.1) is 19.3 Å². The lowest BCUT2D eigenvalue weighted by atomic mass is 10.1. The number of amides is 1. The number of nitrogens with zero attached hydrogens (tertiary/aromatic N) is 2. The largest absolute Gasteiger partial charge is 0.497 e. The van der Waals surface area contributed by atoms with E-state index in [4.69, 9.17) is 9.15 Å². The van der Waals surface area contributed by atoms with E-state index in [-0.39, 0.29) is 11.7 Å². The highest BCUT2D eigenvalue weighted by molar-refractivity contribution is 7.99. The molecule has 3 rings (SSSR count). The minimum Gasteiger partial charge on any atom is -0.497 e. The Labute approximate surface area is 162 Å². The molecule has 27 heavy (non-hydrogen) atoms. The minimum absolute atomic E-state index is 0.101. The van der Waals surface area contributed by atoms with Crippen LogP contribution in [0.4, 0.5) is 5.69 Å². The van der Waals surface area contributed by atoms with Gasteiger partial charge < -0.3 is 14.5 Å². The Kier molecular flexibility index (Phi) is 6.49. The maximum Gasteiger partial charge on any atom is 0.277 e. The van der Waals surface area contributed by atoms with Crippen molar-refractivity contribution >= 4 is 23.4 Å². The van der Waals surface area contributed by atoms with Gasteiger partial charge in [-0.25, -0.2) is 0 Å². The van der Waals surface area contributed by atoms with Crippen molar-refractivity contribution in [3.8, 4) is 5.75 Å². The van der Waals surface area contributed by atoms with Crippen molar-refractivity contribution in [1.82, 2.24) is 10.2 Å². The van der Waals surface area contributed by atoms with Crippen LogP contribution in [0.5, 0.6) is 5.75 Å². The van der Waals surface area contributed by atoms with Gasteiger partial charge >= 0.3 is 0 Å². The highest BCUT2D eigenvalue weighted by Gasteiger charge is 2.11. The fourth-order valence-electron chi connectivity index (χ4n) is 2.55. The molecule has 0 atom stereocenters. The maximum atomic E-state index is 12.2. The Morgan fingerprint density at radius 2 is 1.93 bits per heavy atom. The van der Waals surface area contributed by atoms with E-state index in [1.165, 1.54) is 11.8 Å². The molecule has 1 amide bonds. The molecule has 0 radical (unpaired) electrons. The van der Waals surface area contributed by atoms with E-state index in [0.29, 0.717) is 17.5 Å². The standard InChI is InChI=1S/C20H21N3O3S/c1-3-15-6-4-5-7-17(15)21-18(24)13-27-20-23-22-19(26-20)12-14-8-10-16(25-2)11-9-14/h4-11H,3,12-13H2,1-2H3,(H,21,24). The van der Waals surface area contributed by atoms with E-state index in [1.54, 1.807) is 7.11 Å². The third-order valence-electron chi connectivity index (χ3n) is 3.96. The van der Waals surface area contributed by atoms with Gasteiger partial charge in [0.15, 0.2) is 0 Å². The summed E-state index contributed by atoms with van der Waals surface area (Å²) >= 11 is 1.23. The summed E-state index contributed by atoms with van der Waals surface area (Å²) in [5.41, 5.74) is 3.00. The van der Waals surface area contributed by atoms with E-state index >= 15 is 0 Å². The molecule has 0 saturated heterocycles. The van der Waals surface area contributed by atoms with Gasteiger partial charge in [-0.15, -0.1) is 10.2 Å². The smallest absolute Gasteiger partial charge is 0.277 e. The van der Waals surface area contributed by atoms with Gasteiger partial charge in [-0.05, 0) is 35.7 Å². The zero-order valence-electron chi connectivity index (χ0n) is 15.3. The van der Waals surface area contributed by atoms with E-state index in [9.17, 15) is 4.79 Å². The average Bonchev–Trinajstić information content (AvgIpc) is 3.15. The number of ether oxygens (including phenoxy) is 1. The molecule has 1 heterocycles. The molecule has 0 bridgehead atoms. The fourth-order valence-corrected chi connectivity index (χ4v) is 3.13. The first-order valence-corrected chi connectivity index (χ1v) is 9.62. The van der Waals surface area contributed by atoms with Crippen molar-refractivity contribution in [2.75, 3.05) is 18.2 Å².